The molecule has 6 heteroatoms. The number of hydrogen-bond acceptors (Lipinski definition) is 3. The molecule has 1 amide bonds. The third kappa shape index (κ3) is 7.01. The predicted molar refractivity (Wildman–Crippen MR) is 109 cm³/mol. The Hall–Kier alpha value is -3.02. The van der Waals surface area contributed by atoms with Gasteiger partial charge in [0.1, 0.15) is 5.76 Å². The Bertz CT molecular complexity index is 751. The van der Waals surface area contributed by atoms with E-state index in [0.717, 1.165) is 30.1 Å². The van der Waals surface area contributed by atoms with Crippen LogP contribution in [0.1, 0.15) is 21.7 Å². The van der Waals surface area contributed by atoms with Crippen molar-refractivity contribution in [2.75, 3.05) is 33.7 Å². The molecule has 0 aliphatic rings. The van der Waals surface area contributed by atoms with E-state index in [4.69, 9.17) is 4.42 Å². The first-order valence-corrected chi connectivity index (χ1v) is 9.06. The summed E-state index contributed by atoms with van der Waals surface area (Å²) >= 11 is 0. The fourth-order valence-corrected chi connectivity index (χ4v) is 2.52. The lowest BCUT2D eigenvalue weighted by atomic mass is 10.1. The Morgan fingerprint density at radius 2 is 2.07 bits per heavy atom. The third-order valence-electron chi connectivity index (χ3n) is 3.91. The van der Waals surface area contributed by atoms with Crippen LogP contribution < -0.4 is 10.6 Å². The van der Waals surface area contributed by atoms with Gasteiger partial charge in [-0.1, -0.05) is 18.2 Å². The minimum atomic E-state index is 0.0117. The number of rotatable bonds is 9. The maximum Gasteiger partial charge on any atom is 0.253 e. The molecule has 144 valence electrons. The van der Waals surface area contributed by atoms with Gasteiger partial charge in [-0.15, -0.1) is 6.58 Å². The molecule has 27 heavy (non-hydrogen) atoms. The van der Waals surface area contributed by atoms with Crippen LogP contribution in [0, 0.1) is 0 Å². The van der Waals surface area contributed by atoms with Crippen molar-refractivity contribution in [3.05, 3.63) is 72.2 Å². The smallest absolute Gasteiger partial charge is 0.253 e. The van der Waals surface area contributed by atoms with Gasteiger partial charge in [0, 0.05) is 45.7 Å². The minimum absolute atomic E-state index is 0.0117. The molecule has 2 rings (SSSR count). The van der Waals surface area contributed by atoms with Gasteiger partial charge < -0.3 is 20.0 Å². The zero-order valence-corrected chi connectivity index (χ0v) is 16.1. The summed E-state index contributed by atoms with van der Waals surface area (Å²) in [5, 5.41) is 6.53. The topological polar surface area (TPSA) is 69.9 Å². The maximum absolute atomic E-state index is 12.1. The molecule has 1 aromatic carbocycles. The van der Waals surface area contributed by atoms with Gasteiger partial charge >= 0.3 is 0 Å². The lowest BCUT2D eigenvalue weighted by Crippen LogP contribution is -2.38. The molecule has 0 unspecified atom stereocenters. The Labute approximate surface area is 161 Å². The zero-order valence-electron chi connectivity index (χ0n) is 16.1. The zero-order chi connectivity index (χ0) is 19.5. The molecule has 0 fully saturated rings. The number of amides is 1. The molecule has 0 saturated carbocycles. The standard InChI is InChI=1S/C21H28N4O2/c1-4-12-22-21(24-14-11-19-9-6-15-27-19)23-13-10-17-7-5-8-18(16-17)20(26)25(2)3/h4-9,15-16H,1,10-14H2,2-3H3,(H2,22,23,24). The fraction of sp³-hybridized carbons (Fsp3) is 0.333. The molecule has 0 bridgehead atoms. The summed E-state index contributed by atoms with van der Waals surface area (Å²) in [4.78, 5) is 18.2. The Kier molecular flexibility index (Phi) is 8.16. The molecular formula is C21H28N4O2. The van der Waals surface area contributed by atoms with Gasteiger partial charge in [-0.2, -0.15) is 0 Å². The van der Waals surface area contributed by atoms with Crippen LogP contribution >= 0.6 is 0 Å². The van der Waals surface area contributed by atoms with Gasteiger partial charge in [0.25, 0.3) is 5.91 Å². The lowest BCUT2D eigenvalue weighted by molar-refractivity contribution is 0.0827. The number of nitrogens with zero attached hydrogens (tertiary/aromatic N) is 2. The molecule has 0 spiro atoms. The van der Waals surface area contributed by atoms with E-state index in [1.807, 2.05) is 36.4 Å². The maximum atomic E-state index is 12.1. The summed E-state index contributed by atoms with van der Waals surface area (Å²) in [7, 11) is 3.51. The van der Waals surface area contributed by atoms with Crippen LogP contribution in [0.25, 0.3) is 0 Å². The molecule has 6 nitrogen and oxygen atoms in total. The second-order valence-corrected chi connectivity index (χ2v) is 6.31. The first-order chi connectivity index (χ1) is 13.1. The van der Waals surface area contributed by atoms with Crippen LogP contribution in [0.2, 0.25) is 0 Å². The second kappa shape index (κ2) is 10.9. The summed E-state index contributed by atoms with van der Waals surface area (Å²) in [5.74, 6) is 1.67. The van der Waals surface area contributed by atoms with Crippen molar-refractivity contribution in [1.29, 1.82) is 0 Å². The largest absolute Gasteiger partial charge is 0.469 e. The highest BCUT2D eigenvalue weighted by Gasteiger charge is 2.08. The Balaban J connectivity index is 1.87. The second-order valence-electron chi connectivity index (χ2n) is 6.31. The number of carbonyl (C=O) groups excluding carboxylic acids is 1. The van der Waals surface area contributed by atoms with Crippen molar-refractivity contribution in [2.45, 2.75) is 12.8 Å². The molecule has 0 radical (unpaired) electrons. The molecule has 0 aliphatic heterocycles. The van der Waals surface area contributed by atoms with Gasteiger partial charge in [0.15, 0.2) is 5.96 Å². The predicted octanol–water partition coefficient (Wildman–Crippen LogP) is 2.49. The van der Waals surface area contributed by atoms with E-state index < -0.39 is 0 Å². The van der Waals surface area contributed by atoms with Crippen LogP contribution in [-0.4, -0.2) is 50.5 Å². The van der Waals surface area contributed by atoms with E-state index in [1.54, 1.807) is 31.3 Å². The average Bonchev–Trinajstić information content (AvgIpc) is 3.18. The average molecular weight is 368 g/mol. The molecule has 2 aromatic rings. The van der Waals surface area contributed by atoms with Crippen molar-refractivity contribution < 1.29 is 9.21 Å². The molecule has 0 atom stereocenters. The van der Waals surface area contributed by atoms with Crippen molar-refractivity contribution in [1.82, 2.24) is 15.5 Å². The number of hydrogen-bond donors (Lipinski definition) is 2. The fourth-order valence-electron chi connectivity index (χ4n) is 2.52. The number of aliphatic imine (C=N–C) groups is 1. The monoisotopic (exact) mass is 368 g/mol. The minimum Gasteiger partial charge on any atom is -0.469 e. The molecule has 1 aromatic heterocycles. The molecule has 0 saturated heterocycles. The van der Waals surface area contributed by atoms with Gasteiger partial charge in [-0.25, -0.2) is 0 Å². The summed E-state index contributed by atoms with van der Waals surface area (Å²) in [5.41, 5.74) is 1.81. The van der Waals surface area contributed by atoms with Crippen LogP contribution in [0.4, 0.5) is 0 Å². The van der Waals surface area contributed by atoms with Gasteiger partial charge in [-0.05, 0) is 36.2 Å². The lowest BCUT2D eigenvalue weighted by Gasteiger charge is -2.13. The first kappa shape index (κ1) is 20.3. The number of nitrogens with one attached hydrogen (secondary N) is 2. The van der Waals surface area contributed by atoms with Gasteiger partial charge in [0.2, 0.25) is 0 Å². The van der Waals surface area contributed by atoms with E-state index in [9.17, 15) is 4.79 Å². The molecule has 2 N–H and O–H groups in total. The highest BCUT2D eigenvalue weighted by Crippen LogP contribution is 2.07. The summed E-state index contributed by atoms with van der Waals surface area (Å²) in [6.07, 6.45) is 5.01. The van der Waals surface area contributed by atoms with Crippen LogP contribution in [0.15, 0.2) is 64.7 Å². The van der Waals surface area contributed by atoms with Crippen LogP contribution in [0.3, 0.4) is 0 Å². The van der Waals surface area contributed by atoms with E-state index >= 15 is 0 Å². The van der Waals surface area contributed by atoms with Crippen LogP contribution in [0.5, 0.6) is 0 Å². The number of furan rings is 1. The number of carbonyl (C=O) groups is 1. The highest BCUT2D eigenvalue weighted by atomic mass is 16.3. The number of guanidine groups is 1. The first-order valence-electron chi connectivity index (χ1n) is 9.06. The van der Waals surface area contributed by atoms with E-state index in [2.05, 4.69) is 22.2 Å². The number of benzene rings is 1. The van der Waals surface area contributed by atoms with E-state index in [-0.39, 0.29) is 5.91 Å². The van der Waals surface area contributed by atoms with E-state index in [1.165, 1.54) is 0 Å². The van der Waals surface area contributed by atoms with Crippen molar-refractivity contribution >= 4 is 11.9 Å². The summed E-state index contributed by atoms with van der Waals surface area (Å²) in [6.45, 7) is 5.71. The molecular weight excluding hydrogens is 340 g/mol. The Morgan fingerprint density at radius 3 is 2.78 bits per heavy atom. The summed E-state index contributed by atoms with van der Waals surface area (Å²) < 4.78 is 5.33. The molecule has 0 aliphatic carbocycles. The van der Waals surface area contributed by atoms with Crippen molar-refractivity contribution in [2.24, 2.45) is 4.99 Å². The Morgan fingerprint density at radius 1 is 1.22 bits per heavy atom. The molecule has 1 heterocycles. The SMILES string of the molecule is C=CCNC(=NCCc1ccco1)NCCc1cccc(C(=O)N(C)C)c1. The van der Waals surface area contributed by atoms with Crippen LogP contribution in [-0.2, 0) is 12.8 Å². The summed E-state index contributed by atoms with van der Waals surface area (Å²) in [6, 6.07) is 11.5. The highest BCUT2D eigenvalue weighted by molar-refractivity contribution is 5.94. The third-order valence-corrected chi connectivity index (χ3v) is 3.91. The van der Waals surface area contributed by atoms with Crippen molar-refractivity contribution in [3.8, 4) is 0 Å². The quantitative estimate of drug-likeness (QED) is 0.405. The van der Waals surface area contributed by atoms with Crippen molar-refractivity contribution in [3.63, 3.8) is 0 Å². The van der Waals surface area contributed by atoms with Gasteiger partial charge in [-0.3, -0.25) is 9.79 Å². The van der Waals surface area contributed by atoms with E-state index in [0.29, 0.717) is 25.2 Å². The normalized spacial score (nSPS) is 11.1. The van der Waals surface area contributed by atoms with Gasteiger partial charge in [0.05, 0.1) is 6.26 Å².